The molecule has 0 unspecified atom stereocenters. The molecule has 0 aliphatic carbocycles. The molecule has 0 radical (unpaired) electrons. The summed E-state index contributed by atoms with van der Waals surface area (Å²) >= 11 is 5.48. The summed E-state index contributed by atoms with van der Waals surface area (Å²) in [7, 11) is -4.47. The van der Waals surface area contributed by atoms with E-state index in [1.165, 1.54) is 0 Å². The van der Waals surface area contributed by atoms with Crippen molar-refractivity contribution in [3.8, 4) is 0 Å². The molecule has 0 amide bonds. The van der Waals surface area contributed by atoms with Gasteiger partial charge >= 0.3 is 6.18 Å². The Labute approximate surface area is 119 Å². The van der Waals surface area contributed by atoms with Crippen LogP contribution in [0.1, 0.15) is 26.3 Å². The molecule has 0 aromatic heterocycles. The third-order valence-corrected chi connectivity index (χ3v) is 3.47. The largest absolute Gasteiger partial charge is 0.417 e. The summed E-state index contributed by atoms with van der Waals surface area (Å²) in [6.45, 7) is 4.63. The third-order valence-electron chi connectivity index (χ3n) is 1.99. The number of alkyl halides is 3. The standard InChI is InChI=1S/C11H13ClF3NO3S/c1-10(2,3)19-16-20(17,18)9-5-4-7(12)6-8(9)11(13,14)15/h4-6,16H,1-3H3. The Kier molecular flexibility index (Phi) is 4.75. The smallest absolute Gasteiger partial charge is 0.281 e. The monoisotopic (exact) mass is 331 g/mol. The Morgan fingerprint density at radius 1 is 1.20 bits per heavy atom. The maximum absolute atomic E-state index is 12.8. The SMILES string of the molecule is CC(C)(C)ONS(=O)(=O)c1ccc(Cl)cc1C(F)(F)F. The zero-order valence-electron chi connectivity index (χ0n) is 10.9. The number of nitrogens with one attached hydrogen (secondary N) is 1. The van der Waals surface area contributed by atoms with E-state index in [-0.39, 0.29) is 5.02 Å². The Bertz CT molecular complexity index is 594. The molecule has 114 valence electrons. The molecule has 0 spiro atoms. The van der Waals surface area contributed by atoms with Gasteiger partial charge in [0.2, 0.25) is 0 Å². The molecule has 0 saturated heterocycles. The van der Waals surface area contributed by atoms with Crippen molar-refractivity contribution >= 4 is 21.6 Å². The Morgan fingerprint density at radius 3 is 2.20 bits per heavy atom. The van der Waals surface area contributed by atoms with Gasteiger partial charge in [-0.25, -0.2) is 8.42 Å². The second-order valence-corrected chi connectivity index (χ2v) is 6.99. The average molecular weight is 332 g/mol. The lowest BCUT2D eigenvalue weighted by Gasteiger charge is -2.20. The van der Waals surface area contributed by atoms with Crippen LogP contribution in [0.25, 0.3) is 0 Å². The van der Waals surface area contributed by atoms with Crippen LogP contribution >= 0.6 is 11.6 Å². The summed E-state index contributed by atoms with van der Waals surface area (Å²) < 4.78 is 62.3. The van der Waals surface area contributed by atoms with E-state index in [0.717, 1.165) is 12.1 Å². The molecule has 1 aromatic carbocycles. The molecule has 1 rings (SSSR count). The van der Waals surface area contributed by atoms with Gasteiger partial charge in [0.15, 0.2) is 0 Å². The van der Waals surface area contributed by atoms with E-state index >= 15 is 0 Å². The fourth-order valence-electron chi connectivity index (χ4n) is 1.18. The van der Waals surface area contributed by atoms with E-state index in [9.17, 15) is 21.6 Å². The summed E-state index contributed by atoms with van der Waals surface area (Å²) in [5.41, 5.74) is -2.24. The van der Waals surface area contributed by atoms with E-state index in [0.29, 0.717) is 6.07 Å². The fourth-order valence-corrected chi connectivity index (χ4v) is 2.52. The minimum atomic E-state index is -4.85. The molecule has 0 saturated carbocycles. The zero-order chi connectivity index (χ0) is 15.8. The normalized spacial score (nSPS) is 13.6. The maximum Gasteiger partial charge on any atom is 0.417 e. The highest BCUT2D eigenvalue weighted by atomic mass is 35.5. The van der Waals surface area contributed by atoms with Gasteiger partial charge < -0.3 is 0 Å². The molecule has 0 bridgehead atoms. The summed E-state index contributed by atoms with van der Waals surface area (Å²) in [6, 6.07) is 2.38. The fraction of sp³-hybridized carbons (Fsp3) is 0.455. The van der Waals surface area contributed by atoms with Crippen molar-refractivity contribution in [3.05, 3.63) is 28.8 Å². The van der Waals surface area contributed by atoms with Gasteiger partial charge in [0, 0.05) is 5.02 Å². The van der Waals surface area contributed by atoms with Crippen molar-refractivity contribution in [2.75, 3.05) is 0 Å². The molecule has 1 aromatic rings. The molecule has 0 atom stereocenters. The second-order valence-electron chi connectivity index (χ2n) is 4.94. The molecule has 0 aliphatic heterocycles. The number of hydrogen-bond acceptors (Lipinski definition) is 3. The van der Waals surface area contributed by atoms with Crippen LogP contribution < -0.4 is 4.89 Å². The second kappa shape index (κ2) is 5.51. The highest BCUT2D eigenvalue weighted by Crippen LogP contribution is 2.35. The van der Waals surface area contributed by atoms with Gasteiger partial charge in [-0.2, -0.15) is 13.2 Å². The Morgan fingerprint density at radius 2 is 1.75 bits per heavy atom. The van der Waals surface area contributed by atoms with Crippen LogP contribution in [0.3, 0.4) is 0 Å². The molecule has 9 heteroatoms. The number of benzene rings is 1. The van der Waals surface area contributed by atoms with Crippen molar-refractivity contribution < 1.29 is 26.4 Å². The summed E-state index contributed by atoms with van der Waals surface area (Å²) in [5.74, 6) is 0. The predicted molar refractivity (Wildman–Crippen MR) is 67.6 cm³/mol. The minimum absolute atomic E-state index is 0.215. The number of sulfonamides is 1. The summed E-state index contributed by atoms with van der Waals surface area (Å²) in [4.78, 5) is 5.54. The summed E-state index contributed by atoms with van der Waals surface area (Å²) in [6.07, 6.45) is -4.85. The average Bonchev–Trinajstić information content (AvgIpc) is 2.24. The van der Waals surface area contributed by atoms with Crippen LogP contribution in [-0.2, 0) is 21.0 Å². The number of halogens is 4. The van der Waals surface area contributed by atoms with E-state index in [2.05, 4.69) is 0 Å². The molecule has 0 heterocycles. The van der Waals surface area contributed by atoms with E-state index in [4.69, 9.17) is 16.4 Å². The number of rotatable bonds is 3. The lowest BCUT2D eigenvalue weighted by molar-refractivity contribution is -0.140. The van der Waals surface area contributed by atoms with Crippen molar-refractivity contribution in [3.63, 3.8) is 0 Å². The number of hydrogen-bond donors (Lipinski definition) is 1. The van der Waals surface area contributed by atoms with E-state index in [1.807, 2.05) is 0 Å². The quantitative estimate of drug-likeness (QED) is 0.864. The van der Waals surface area contributed by atoms with Gasteiger partial charge in [0.25, 0.3) is 10.0 Å². The maximum atomic E-state index is 12.8. The van der Waals surface area contributed by atoms with Gasteiger partial charge in [-0.05, 0) is 39.0 Å². The van der Waals surface area contributed by atoms with Crippen LogP contribution in [0, 0.1) is 0 Å². The molecule has 1 N–H and O–H groups in total. The molecule has 0 fully saturated rings. The first-order chi connectivity index (χ1) is 8.83. The first-order valence-electron chi connectivity index (χ1n) is 5.39. The van der Waals surface area contributed by atoms with Crippen molar-refractivity contribution in [1.82, 2.24) is 4.89 Å². The van der Waals surface area contributed by atoms with Crippen LogP contribution in [0.15, 0.2) is 23.1 Å². The lowest BCUT2D eigenvalue weighted by Crippen LogP contribution is -2.34. The van der Waals surface area contributed by atoms with Gasteiger partial charge in [-0.3, -0.25) is 4.84 Å². The first kappa shape index (κ1) is 17.2. The topological polar surface area (TPSA) is 55.4 Å². The van der Waals surface area contributed by atoms with Gasteiger partial charge in [-0.1, -0.05) is 16.5 Å². The summed E-state index contributed by atoms with van der Waals surface area (Å²) in [5, 5.41) is -0.215. The third kappa shape index (κ3) is 4.62. The van der Waals surface area contributed by atoms with Gasteiger partial charge in [-0.15, -0.1) is 0 Å². The Hall–Kier alpha value is -0.830. The van der Waals surface area contributed by atoms with E-state index < -0.39 is 32.3 Å². The molecular weight excluding hydrogens is 319 g/mol. The first-order valence-corrected chi connectivity index (χ1v) is 7.25. The highest BCUT2D eigenvalue weighted by Gasteiger charge is 2.37. The van der Waals surface area contributed by atoms with Gasteiger partial charge in [0.05, 0.1) is 16.1 Å². The molecule has 20 heavy (non-hydrogen) atoms. The van der Waals surface area contributed by atoms with Crippen LogP contribution in [-0.4, -0.2) is 14.0 Å². The lowest BCUT2D eigenvalue weighted by atomic mass is 10.2. The molecular formula is C11H13ClF3NO3S. The highest BCUT2D eigenvalue weighted by molar-refractivity contribution is 7.89. The molecule has 0 aliphatic rings. The Balaban J connectivity index is 3.25. The minimum Gasteiger partial charge on any atom is -0.281 e. The zero-order valence-corrected chi connectivity index (χ0v) is 12.4. The molecule has 4 nitrogen and oxygen atoms in total. The van der Waals surface area contributed by atoms with Crippen LogP contribution in [0.4, 0.5) is 13.2 Å². The van der Waals surface area contributed by atoms with Crippen LogP contribution in [0.2, 0.25) is 5.02 Å². The van der Waals surface area contributed by atoms with Crippen molar-refractivity contribution in [2.45, 2.75) is 37.4 Å². The van der Waals surface area contributed by atoms with Crippen molar-refractivity contribution in [1.29, 1.82) is 0 Å². The van der Waals surface area contributed by atoms with Gasteiger partial charge in [0.1, 0.15) is 0 Å². The van der Waals surface area contributed by atoms with Crippen LogP contribution in [0.5, 0.6) is 0 Å². The van der Waals surface area contributed by atoms with E-state index in [1.54, 1.807) is 25.7 Å². The van der Waals surface area contributed by atoms with Crippen molar-refractivity contribution in [2.24, 2.45) is 0 Å². The predicted octanol–water partition coefficient (Wildman–Crippen LogP) is 3.37.